The number of thiazole rings is 1. The molecular weight excluding hydrogens is 310 g/mol. The first kappa shape index (κ1) is 16.2. The molecule has 0 atom stereocenters. The van der Waals surface area contributed by atoms with Crippen LogP contribution in [0.1, 0.15) is 23.2 Å². The monoisotopic (exact) mass is 329 g/mol. The molecule has 0 aliphatic heterocycles. The standard InChI is InChI=1S/C13H19N3O3S2/c1-4-16-6-12(5-11(16)8-17)21(18,19)15(3)7-13-10(2)14-9-20-13/h5-6,9,17H,4,7-8H2,1-3H3. The van der Waals surface area contributed by atoms with E-state index >= 15 is 0 Å². The second-order valence-electron chi connectivity index (χ2n) is 4.73. The summed E-state index contributed by atoms with van der Waals surface area (Å²) in [5, 5.41) is 9.28. The topological polar surface area (TPSA) is 75.4 Å². The van der Waals surface area contributed by atoms with Crippen LogP contribution in [0.2, 0.25) is 0 Å². The Kier molecular flexibility index (Phi) is 4.82. The van der Waals surface area contributed by atoms with Crippen molar-refractivity contribution in [3.05, 3.63) is 34.0 Å². The van der Waals surface area contributed by atoms with Gasteiger partial charge >= 0.3 is 0 Å². The Morgan fingerprint density at radius 2 is 2.19 bits per heavy atom. The molecule has 0 bridgehead atoms. The summed E-state index contributed by atoms with van der Waals surface area (Å²) < 4.78 is 28.2. The predicted octanol–water partition coefficient (Wildman–Crippen LogP) is 1.59. The number of nitrogens with zero attached hydrogens (tertiary/aromatic N) is 3. The Balaban J connectivity index is 2.28. The lowest BCUT2D eigenvalue weighted by molar-refractivity contribution is 0.271. The molecule has 0 unspecified atom stereocenters. The van der Waals surface area contributed by atoms with Gasteiger partial charge in [0.1, 0.15) is 4.90 Å². The highest BCUT2D eigenvalue weighted by molar-refractivity contribution is 7.89. The van der Waals surface area contributed by atoms with Crippen LogP contribution in [-0.2, 0) is 29.7 Å². The fourth-order valence-electron chi connectivity index (χ4n) is 2.04. The first-order valence-corrected chi connectivity index (χ1v) is 8.87. The maximum absolute atomic E-state index is 12.6. The third-order valence-corrected chi connectivity index (χ3v) is 6.07. The van der Waals surface area contributed by atoms with Crippen molar-refractivity contribution in [3.8, 4) is 0 Å². The van der Waals surface area contributed by atoms with Gasteiger partial charge < -0.3 is 9.67 Å². The van der Waals surface area contributed by atoms with Crippen LogP contribution < -0.4 is 0 Å². The third kappa shape index (κ3) is 3.18. The predicted molar refractivity (Wildman–Crippen MR) is 81.5 cm³/mol. The molecule has 1 N–H and O–H groups in total. The lowest BCUT2D eigenvalue weighted by atomic mass is 10.4. The quantitative estimate of drug-likeness (QED) is 0.873. The van der Waals surface area contributed by atoms with Crippen molar-refractivity contribution < 1.29 is 13.5 Å². The fourth-order valence-corrected chi connectivity index (χ4v) is 4.15. The van der Waals surface area contributed by atoms with Crippen LogP contribution in [0.15, 0.2) is 22.7 Å². The van der Waals surface area contributed by atoms with E-state index in [2.05, 4.69) is 4.98 Å². The molecule has 116 valence electrons. The van der Waals surface area contributed by atoms with Crippen molar-refractivity contribution in [3.63, 3.8) is 0 Å². The van der Waals surface area contributed by atoms with Crippen LogP contribution in [0, 0.1) is 6.92 Å². The van der Waals surface area contributed by atoms with Gasteiger partial charge in [0.15, 0.2) is 0 Å². The van der Waals surface area contributed by atoms with Gasteiger partial charge in [0.25, 0.3) is 0 Å². The maximum Gasteiger partial charge on any atom is 0.244 e. The molecular formula is C13H19N3O3S2. The molecule has 21 heavy (non-hydrogen) atoms. The molecule has 2 rings (SSSR count). The van der Waals surface area contributed by atoms with Crippen LogP contribution in [-0.4, -0.2) is 34.4 Å². The van der Waals surface area contributed by atoms with Crippen LogP contribution in [0.5, 0.6) is 0 Å². The minimum atomic E-state index is -3.57. The molecule has 0 saturated heterocycles. The highest BCUT2D eigenvalue weighted by Crippen LogP contribution is 2.22. The van der Waals surface area contributed by atoms with E-state index in [0.717, 1.165) is 10.6 Å². The molecule has 2 aromatic heterocycles. The molecule has 2 heterocycles. The Morgan fingerprint density at radius 3 is 2.67 bits per heavy atom. The smallest absolute Gasteiger partial charge is 0.244 e. The van der Waals surface area contributed by atoms with Crippen molar-refractivity contribution in [2.24, 2.45) is 0 Å². The summed E-state index contributed by atoms with van der Waals surface area (Å²) in [4.78, 5) is 5.26. The van der Waals surface area contributed by atoms with Crippen LogP contribution in [0.3, 0.4) is 0 Å². The summed E-state index contributed by atoms with van der Waals surface area (Å²) in [5.41, 5.74) is 3.16. The zero-order valence-electron chi connectivity index (χ0n) is 12.3. The van der Waals surface area contributed by atoms with Crippen LogP contribution in [0.25, 0.3) is 0 Å². The van der Waals surface area contributed by atoms with Crippen molar-refractivity contribution in [1.82, 2.24) is 13.9 Å². The van der Waals surface area contributed by atoms with Gasteiger partial charge in [-0.25, -0.2) is 13.4 Å². The van der Waals surface area contributed by atoms with Gasteiger partial charge in [0, 0.05) is 36.9 Å². The summed E-state index contributed by atoms with van der Waals surface area (Å²) in [6, 6.07) is 1.52. The first-order valence-electron chi connectivity index (χ1n) is 6.55. The SMILES string of the molecule is CCn1cc(S(=O)(=O)N(C)Cc2scnc2C)cc1CO. The Bertz CT molecular complexity index is 697. The minimum absolute atomic E-state index is 0.180. The summed E-state index contributed by atoms with van der Waals surface area (Å²) in [6.45, 7) is 4.50. The zero-order valence-corrected chi connectivity index (χ0v) is 13.9. The average molecular weight is 329 g/mol. The molecule has 0 aliphatic carbocycles. The van der Waals surface area contributed by atoms with Gasteiger partial charge in [-0.15, -0.1) is 11.3 Å². The van der Waals surface area contributed by atoms with E-state index in [1.165, 1.54) is 21.7 Å². The van der Waals surface area contributed by atoms with Crippen molar-refractivity contribution in [2.75, 3.05) is 7.05 Å². The third-order valence-electron chi connectivity index (χ3n) is 3.38. The first-order chi connectivity index (χ1) is 9.90. The second-order valence-corrected chi connectivity index (χ2v) is 7.72. The molecule has 0 saturated carbocycles. The summed E-state index contributed by atoms with van der Waals surface area (Å²) >= 11 is 1.44. The Morgan fingerprint density at radius 1 is 1.48 bits per heavy atom. The number of hydrogen-bond donors (Lipinski definition) is 1. The second kappa shape index (κ2) is 6.27. The average Bonchev–Trinajstić information content (AvgIpc) is 3.05. The van der Waals surface area contributed by atoms with Crippen molar-refractivity contribution in [2.45, 2.75) is 38.4 Å². The van der Waals surface area contributed by atoms with E-state index in [0.29, 0.717) is 18.8 Å². The number of aliphatic hydroxyl groups is 1. The normalized spacial score (nSPS) is 12.2. The number of aliphatic hydroxyl groups excluding tert-OH is 1. The van der Waals surface area contributed by atoms with Crippen molar-refractivity contribution in [1.29, 1.82) is 0 Å². The molecule has 6 nitrogen and oxygen atoms in total. The molecule has 2 aromatic rings. The molecule has 0 radical (unpaired) electrons. The highest BCUT2D eigenvalue weighted by atomic mass is 32.2. The lowest BCUT2D eigenvalue weighted by Gasteiger charge is -2.15. The highest BCUT2D eigenvalue weighted by Gasteiger charge is 2.24. The minimum Gasteiger partial charge on any atom is -0.390 e. The van der Waals surface area contributed by atoms with E-state index in [1.807, 2.05) is 13.8 Å². The Hall–Kier alpha value is -1.22. The van der Waals surface area contributed by atoms with E-state index in [9.17, 15) is 13.5 Å². The fraction of sp³-hybridized carbons (Fsp3) is 0.462. The van der Waals surface area contributed by atoms with Gasteiger partial charge in [-0.1, -0.05) is 0 Å². The van der Waals surface area contributed by atoms with Crippen molar-refractivity contribution >= 4 is 21.4 Å². The summed E-state index contributed by atoms with van der Waals surface area (Å²) in [7, 11) is -2.02. The molecule has 0 spiro atoms. The van der Waals surface area contributed by atoms with E-state index < -0.39 is 10.0 Å². The molecule has 0 amide bonds. The molecule has 0 aromatic carbocycles. The van der Waals surface area contributed by atoms with E-state index in [-0.39, 0.29) is 11.5 Å². The van der Waals surface area contributed by atoms with E-state index in [4.69, 9.17) is 0 Å². The van der Waals surface area contributed by atoms with Gasteiger partial charge in [-0.05, 0) is 19.9 Å². The largest absolute Gasteiger partial charge is 0.390 e. The lowest BCUT2D eigenvalue weighted by Crippen LogP contribution is -2.26. The van der Waals surface area contributed by atoms with Crippen LogP contribution >= 0.6 is 11.3 Å². The number of aryl methyl sites for hydroxylation is 2. The molecule has 0 fully saturated rings. The van der Waals surface area contributed by atoms with Gasteiger partial charge in [0.2, 0.25) is 10.0 Å². The zero-order chi connectivity index (χ0) is 15.6. The van der Waals surface area contributed by atoms with Gasteiger partial charge in [-0.3, -0.25) is 0 Å². The van der Waals surface area contributed by atoms with Crippen LogP contribution in [0.4, 0.5) is 0 Å². The van der Waals surface area contributed by atoms with Gasteiger partial charge in [-0.2, -0.15) is 4.31 Å². The maximum atomic E-state index is 12.6. The Labute approximate surface area is 128 Å². The molecule has 0 aliphatic rings. The number of aromatic nitrogens is 2. The number of hydrogen-bond acceptors (Lipinski definition) is 5. The summed E-state index contributed by atoms with van der Waals surface area (Å²) in [6.07, 6.45) is 1.57. The summed E-state index contributed by atoms with van der Waals surface area (Å²) in [5.74, 6) is 0. The van der Waals surface area contributed by atoms with Gasteiger partial charge in [0.05, 0.1) is 17.8 Å². The van der Waals surface area contributed by atoms with E-state index in [1.54, 1.807) is 23.3 Å². The molecule has 8 heteroatoms. The number of sulfonamides is 1. The number of rotatable bonds is 6.